The second kappa shape index (κ2) is 6.79. The van der Waals surface area contributed by atoms with Gasteiger partial charge in [0.15, 0.2) is 0 Å². The van der Waals surface area contributed by atoms with Crippen molar-refractivity contribution in [1.29, 1.82) is 0 Å². The van der Waals surface area contributed by atoms with Crippen LogP contribution in [0.15, 0.2) is 24.3 Å². The van der Waals surface area contributed by atoms with Gasteiger partial charge >= 0.3 is 6.18 Å². The van der Waals surface area contributed by atoms with Gasteiger partial charge < -0.3 is 5.32 Å². The van der Waals surface area contributed by atoms with E-state index in [4.69, 9.17) is 0 Å². The van der Waals surface area contributed by atoms with E-state index in [1.54, 1.807) is 12.1 Å². The molecule has 5 heteroatoms. The Kier molecular flexibility index (Phi) is 5.27. The lowest BCUT2D eigenvalue weighted by Gasteiger charge is -2.29. The van der Waals surface area contributed by atoms with Crippen LogP contribution in [0.1, 0.15) is 37.8 Å². The van der Waals surface area contributed by atoms with Crippen molar-refractivity contribution in [2.75, 3.05) is 13.1 Å². The standard InChI is InChI=1S/C16H23F3N2/c1-12(2)21(11-15-4-3-9-20-15)10-13-5-7-14(8-6-13)16(17,18)19/h5-8,12,15,20H,3-4,9-11H2,1-2H3. The molecule has 0 amide bonds. The highest BCUT2D eigenvalue weighted by atomic mass is 19.4. The normalized spacial score (nSPS) is 19.7. The Morgan fingerprint density at radius 2 is 1.90 bits per heavy atom. The molecule has 1 aromatic carbocycles. The molecule has 1 N–H and O–H groups in total. The molecule has 1 heterocycles. The third-order valence-corrected chi connectivity index (χ3v) is 4.01. The molecule has 2 rings (SSSR count). The van der Waals surface area contributed by atoms with Gasteiger partial charge in [0.2, 0.25) is 0 Å². The topological polar surface area (TPSA) is 15.3 Å². The van der Waals surface area contributed by atoms with Crippen molar-refractivity contribution in [2.45, 2.75) is 51.5 Å². The first-order chi connectivity index (χ1) is 9.86. The molecular weight excluding hydrogens is 277 g/mol. The van der Waals surface area contributed by atoms with Gasteiger partial charge in [-0.25, -0.2) is 0 Å². The lowest BCUT2D eigenvalue weighted by Crippen LogP contribution is -2.40. The molecule has 1 atom stereocenters. The average Bonchev–Trinajstić information content (AvgIpc) is 2.90. The minimum Gasteiger partial charge on any atom is -0.313 e. The summed E-state index contributed by atoms with van der Waals surface area (Å²) in [6.45, 7) is 6.95. The van der Waals surface area contributed by atoms with Crippen LogP contribution in [-0.2, 0) is 12.7 Å². The second-order valence-corrected chi connectivity index (χ2v) is 6.01. The van der Waals surface area contributed by atoms with Gasteiger partial charge in [0, 0.05) is 25.2 Å². The predicted octanol–water partition coefficient (Wildman–Crippen LogP) is 3.67. The van der Waals surface area contributed by atoms with E-state index in [0.717, 1.165) is 18.7 Å². The molecule has 118 valence electrons. The first-order valence-electron chi connectivity index (χ1n) is 7.50. The van der Waals surface area contributed by atoms with E-state index in [2.05, 4.69) is 24.1 Å². The molecule has 0 spiro atoms. The molecule has 0 aromatic heterocycles. The highest BCUT2D eigenvalue weighted by Crippen LogP contribution is 2.29. The molecule has 2 nitrogen and oxygen atoms in total. The fourth-order valence-electron chi connectivity index (χ4n) is 2.69. The number of benzene rings is 1. The number of nitrogens with one attached hydrogen (secondary N) is 1. The third kappa shape index (κ3) is 4.71. The van der Waals surface area contributed by atoms with E-state index in [0.29, 0.717) is 18.6 Å². The molecule has 1 aromatic rings. The zero-order chi connectivity index (χ0) is 15.5. The highest BCUT2D eigenvalue weighted by Gasteiger charge is 2.30. The summed E-state index contributed by atoms with van der Waals surface area (Å²) in [6, 6.07) is 6.38. The second-order valence-electron chi connectivity index (χ2n) is 6.01. The van der Waals surface area contributed by atoms with Gasteiger partial charge in [0.05, 0.1) is 5.56 Å². The minimum atomic E-state index is -4.26. The number of hydrogen-bond acceptors (Lipinski definition) is 2. The summed E-state index contributed by atoms with van der Waals surface area (Å²) < 4.78 is 37.7. The maximum Gasteiger partial charge on any atom is 0.416 e. The van der Waals surface area contributed by atoms with E-state index >= 15 is 0 Å². The Bertz CT molecular complexity index is 434. The molecule has 1 unspecified atom stereocenters. The minimum absolute atomic E-state index is 0.370. The molecule has 1 saturated heterocycles. The Morgan fingerprint density at radius 3 is 2.38 bits per heavy atom. The van der Waals surface area contributed by atoms with E-state index in [1.165, 1.54) is 25.0 Å². The van der Waals surface area contributed by atoms with Gasteiger partial charge in [-0.05, 0) is 50.9 Å². The lowest BCUT2D eigenvalue weighted by atomic mass is 10.1. The fourth-order valence-corrected chi connectivity index (χ4v) is 2.69. The maximum absolute atomic E-state index is 12.6. The molecule has 21 heavy (non-hydrogen) atoms. The van der Waals surface area contributed by atoms with E-state index < -0.39 is 11.7 Å². The van der Waals surface area contributed by atoms with Crippen molar-refractivity contribution < 1.29 is 13.2 Å². The Morgan fingerprint density at radius 1 is 1.24 bits per heavy atom. The smallest absolute Gasteiger partial charge is 0.313 e. The highest BCUT2D eigenvalue weighted by molar-refractivity contribution is 5.24. The van der Waals surface area contributed by atoms with Crippen LogP contribution in [-0.4, -0.2) is 30.1 Å². The van der Waals surface area contributed by atoms with Gasteiger partial charge in [0.25, 0.3) is 0 Å². The SMILES string of the molecule is CC(C)N(Cc1ccc(C(F)(F)F)cc1)CC1CCCN1. The van der Waals surface area contributed by atoms with Crippen molar-refractivity contribution in [3.63, 3.8) is 0 Å². The zero-order valence-corrected chi connectivity index (χ0v) is 12.6. The largest absolute Gasteiger partial charge is 0.416 e. The van der Waals surface area contributed by atoms with Crippen molar-refractivity contribution in [3.05, 3.63) is 35.4 Å². The summed E-state index contributed by atoms with van der Waals surface area (Å²) in [5.74, 6) is 0. The molecular formula is C16H23F3N2. The van der Waals surface area contributed by atoms with Crippen molar-refractivity contribution >= 4 is 0 Å². The molecule has 0 bridgehead atoms. The summed E-state index contributed by atoms with van der Waals surface area (Å²) >= 11 is 0. The van der Waals surface area contributed by atoms with Crippen LogP contribution in [0.25, 0.3) is 0 Å². The average molecular weight is 300 g/mol. The van der Waals surface area contributed by atoms with Crippen LogP contribution in [0.3, 0.4) is 0 Å². The Hall–Kier alpha value is -1.07. The molecule has 1 aliphatic heterocycles. The summed E-state index contributed by atoms with van der Waals surface area (Å²) in [6.07, 6.45) is -1.88. The summed E-state index contributed by atoms with van der Waals surface area (Å²) in [5.41, 5.74) is 0.342. The van der Waals surface area contributed by atoms with Crippen molar-refractivity contribution in [3.8, 4) is 0 Å². The van der Waals surface area contributed by atoms with Gasteiger partial charge in [-0.1, -0.05) is 12.1 Å². The summed E-state index contributed by atoms with van der Waals surface area (Å²) in [5, 5.41) is 3.47. The number of hydrogen-bond donors (Lipinski definition) is 1. The van der Waals surface area contributed by atoms with Crippen LogP contribution in [0.4, 0.5) is 13.2 Å². The van der Waals surface area contributed by atoms with E-state index in [9.17, 15) is 13.2 Å². The first kappa shape index (κ1) is 16.3. The molecule has 1 aliphatic rings. The summed E-state index contributed by atoms with van der Waals surface area (Å²) in [4.78, 5) is 2.31. The van der Waals surface area contributed by atoms with Crippen LogP contribution >= 0.6 is 0 Å². The maximum atomic E-state index is 12.6. The summed E-state index contributed by atoms with van der Waals surface area (Å²) in [7, 11) is 0. The van der Waals surface area contributed by atoms with Crippen molar-refractivity contribution in [1.82, 2.24) is 10.2 Å². The van der Waals surface area contributed by atoms with Gasteiger partial charge in [0.1, 0.15) is 0 Å². The third-order valence-electron chi connectivity index (χ3n) is 4.01. The molecule has 1 fully saturated rings. The number of rotatable bonds is 5. The molecule has 0 radical (unpaired) electrons. The van der Waals surface area contributed by atoms with Gasteiger partial charge in [-0.15, -0.1) is 0 Å². The van der Waals surface area contributed by atoms with E-state index in [1.807, 2.05) is 0 Å². The monoisotopic (exact) mass is 300 g/mol. The van der Waals surface area contributed by atoms with Crippen LogP contribution < -0.4 is 5.32 Å². The molecule has 0 saturated carbocycles. The Balaban J connectivity index is 1.99. The molecule has 0 aliphatic carbocycles. The van der Waals surface area contributed by atoms with Crippen LogP contribution in [0, 0.1) is 0 Å². The number of halogens is 3. The Labute approximate surface area is 124 Å². The lowest BCUT2D eigenvalue weighted by molar-refractivity contribution is -0.137. The van der Waals surface area contributed by atoms with Gasteiger partial charge in [-0.3, -0.25) is 4.90 Å². The van der Waals surface area contributed by atoms with Gasteiger partial charge in [-0.2, -0.15) is 13.2 Å². The zero-order valence-electron chi connectivity index (χ0n) is 12.6. The van der Waals surface area contributed by atoms with Crippen LogP contribution in [0.2, 0.25) is 0 Å². The quantitative estimate of drug-likeness (QED) is 0.892. The van der Waals surface area contributed by atoms with Crippen LogP contribution in [0.5, 0.6) is 0 Å². The first-order valence-corrected chi connectivity index (χ1v) is 7.50. The van der Waals surface area contributed by atoms with E-state index in [-0.39, 0.29) is 0 Å². The predicted molar refractivity (Wildman–Crippen MR) is 78.0 cm³/mol. The number of alkyl halides is 3. The number of nitrogens with zero attached hydrogens (tertiary/aromatic N) is 1. The fraction of sp³-hybridized carbons (Fsp3) is 0.625. The van der Waals surface area contributed by atoms with Crippen molar-refractivity contribution in [2.24, 2.45) is 0 Å².